The van der Waals surface area contributed by atoms with Crippen molar-refractivity contribution in [2.75, 3.05) is 15.5 Å². The van der Waals surface area contributed by atoms with Gasteiger partial charge in [0.2, 0.25) is 18.2 Å². The van der Waals surface area contributed by atoms with Crippen molar-refractivity contribution in [1.82, 2.24) is 10.2 Å². The summed E-state index contributed by atoms with van der Waals surface area (Å²) in [7, 11) is 0. The van der Waals surface area contributed by atoms with Gasteiger partial charge in [0.1, 0.15) is 6.23 Å². The number of amides is 1. The number of hydrogen-bond donors (Lipinski definition) is 3. The van der Waals surface area contributed by atoms with Crippen LogP contribution in [0.4, 0.5) is 17.1 Å². The molecule has 4 aromatic rings. The van der Waals surface area contributed by atoms with Gasteiger partial charge >= 0.3 is 0 Å². The van der Waals surface area contributed by atoms with E-state index < -0.39 is 6.23 Å². The molecule has 0 aliphatic carbocycles. The number of carbonyl (C=O) groups is 1. The number of rotatable bonds is 6. The Morgan fingerprint density at radius 3 is 2.50 bits per heavy atom. The number of aliphatic hydroxyl groups is 1. The van der Waals surface area contributed by atoms with Gasteiger partial charge in [0.15, 0.2) is 0 Å². The standard InChI is InChI=1S/C28H29N5O3/c1-17-13-26(31-23-10-7-20(8-11-23)28-32-29-16-36-28)25-15-22(9-12-27(25)33(17)19(3)35)21-5-4-6-24(14-21)30-18(2)34/h4-12,14-17,19,26,31,35H,13H2,1-3H3,(H,30,34)/t17-,19?,26+/m0/s1. The number of hydrogen-bond acceptors (Lipinski definition) is 7. The predicted molar refractivity (Wildman–Crippen MR) is 141 cm³/mol. The molecule has 36 heavy (non-hydrogen) atoms. The number of nitrogens with zero attached hydrogens (tertiary/aromatic N) is 3. The molecule has 0 saturated heterocycles. The highest BCUT2D eigenvalue weighted by Crippen LogP contribution is 2.42. The molecule has 0 saturated carbocycles. The Bertz CT molecular complexity index is 1350. The average molecular weight is 484 g/mol. The molecule has 3 atom stereocenters. The second kappa shape index (κ2) is 9.83. The van der Waals surface area contributed by atoms with E-state index in [1.54, 1.807) is 6.92 Å². The average Bonchev–Trinajstić information content (AvgIpc) is 3.39. The SMILES string of the molecule is CC(=O)Nc1cccc(-c2ccc3c(c2)[C@H](Nc2ccc(-c4nnco4)cc2)C[C@H](C)N3C(C)O)c1. The monoisotopic (exact) mass is 483 g/mol. The first kappa shape index (κ1) is 23.6. The summed E-state index contributed by atoms with van der Waals surface area (Å²) in [6, 6.07) is 22.2. The summed E-state index contributed by atoms with van der Waals surface area (Å²) >= 11 is 0. The van der Waals surface area contributed by atoms with Crippen LogP contribution in [0.1, 0.15) is 38.8 Å². The first-order valence-electron chi connectivity index (χ1n) is 12.0. The Morgan fingerprint density at radius 1 is 1.06 bits per heavy atom. The summed E-state index contributed by atoms with van der Waals surface area (Å²) in [6.45, 7) is 5.44. The van der Waals surface area contributed by atoms with Gasteiger partial charge in [-0.2, -0.15) is 0 Å². The Labute approximate surface area is 210 Å². The van der Waals surface area contributed by atoms with Gasteiger partial charge in [0.25, 0.3) is 0 Å². The first-order valence-corrected chi connectivity index (χ1v) is 12.0. The molecule has 1 unspecified atom stereocenters. The van der Waals surface area contributed by atoms with Crippen molar-refractivity contribution in [2.24, 2.45) is 0 Å². The lowest BCUT2D eigenvalue weighted by molar-refractivity contribution is -0.114. The van der Waals surface area contributed by atoms with Gasteiger partial charge in [-0.3, -0.25) is 4.79 Å². The molecule has 184 valence electrons. The van der Waals surface area contributed by atoms with Gasteiger partial charge in [-0.15, -0.1) is 10.2 Å². The summed E-state index contributed by atoms with van der Waals surface area (Å²) in [5, 5.41) is 24.8. The molecule has 2 heterocycles. The van der Waals surface area contributed by atoms with E-state index in [0.29, 0.717) is 5.89 Å². The molecule has 1 aliphatic heterocycles. The van der Waals surface area contributed by atoms with Crippen LogP contribution in [0.3, 0.4) is 0 Å². The van der Waals surface area contributed by atoms with Gasteiger partial charge < -0.3 is 25.1 Å². The fourth-order valence-electron chi connectivity index (χ4n) is 4.96. The molecule has 0 fully saturated rings. The van der Waals surface area contributed by atoms with Gasteiger partial charge in [-0.05, 0) is 85.5 Å². The lowest BCUT2D eigenvalue weighted by atomic mass is 9.88. The van der Waals surface area contributed by atoms with Crippen molar-refractivity contribution in [3.8, 4) is 22.6 Å². The fourth-order valence-corrected chi connectivity index (χ4v) is 4.96. The zero-order valence-corrected chi connectivity index (χ0v) is 20.5. The van der Waals surface area contributed by atoms with E-state index in [9.17, 15) is 9.90 Å². The number of benzene rings is 3. The Kier molecular flexibility index (Phi) is 6.43. The molecule has 1 aromatic heterocycles. The van der Waals surface area contributed by atoms with Gasteiger partial charge in [0.05, 0.1) is 6.04 Å². The second-order valence-electron chi connectivity index (χ2n) is 9.18. The van der Waals surface area contributed by atoms with Gasteiger partial charge in [-0.1, -0.05) is 18.2 Å². The molecular weight excluding hydrogens is 454 g/mol. The molecule has 8 heteroatoms. The zero-order chi connectivity index (χ0) is 25.2. The summed E-state index contributed by atoms with van der Waals surface area (Å²) in [5.41, 5.74) is 6.76. The quantitative estimate of drug-likeness (QED) is 0.335. The molecule has 3 N–H and O–H groups in total. The number of fused-ring (bicyclic) bond motifs is 1. The van der Waals surface area contributed by atoms with E-state index in [1.165, 1.54) is 13.3 Å². The van der Waals surface area contributed by atoms with E-state index in [2.05, 4.69) is 50.9 Å². The van der Waals surface area contributed by atoms with Crippen LogP contribution in [0, 0.1) is 0 Å². The van der Waals surface area contributed by atoms with Crippen LogP contribution in [-0.4, -0.2) is 33.5 Å². The number of carbonyl (C=O) groups excluding carboxylic acids is 1. The largest absolute Gasteiger partial charge is 0.423 e. The summed E-state index contributed by atoms with van der Waals surface area (Å²) < 4.78 is 5.29. The van der Waals surface area contributed by atoms with Gasteiger partial charge in [0, 0.05) is 35.6 Å². The smallest absolute Gasteiger partial charge is 0.247 e. The Balaban J connectivity index is 1.49. The van der Waals surface area contributed by atoms with Crippen molar-refractivity contribution in [1.29, 1.82) is 0 Å². The third-order valence-corrected chi connectivity index (χ3v) is 6.48. The fraction of sp³-hybridized carbons (Fsp3) is 0.250. The molecule has 1 aliphatic rings. The van der Waals surface area contributed by atoms with E-state index in [-0.39, 0.29) is 18.0 Å². The minimum atomic E-state index is -0.609. The van der Waals surface area contributed by atoms with Crippen LogP contribution in [0.15, 0.2) is 77.5 Å². The highest BCUT2D eigenvalue weighted by Gasteiger charge is 2.32. The van der Waals surface area contributed by atoms with Crippen LogP contribution in [-0.2, 0) is 4.79 Å². The van der Waals surface area contributed by atoms with Crippen molar-refractivity contribution < 1.29 is 14.3 Å². The predicted octanol–water partition coefficient (Wildman–Crippen LogP) is 5.45. The summed E-state index contributed by atoms with van der Waals surface area (Å²) in [6.07, 6.45) is 1.53. The Morgan fingerprint density at radius 2 is 1.81 bits per heavy atom. The number of aliphatic hydroxyl groups excluding tert-OH is 1. The van der Waals surface area contributed by atoms with Gasteiger partial charge in [-0.25, -0.2) is 0 Å². The molecular formula is C28H29N5O3. The van der Waals surface area contributed by atoms with E-state index in [1.807, 2.05) is 48.5 Å². The van der Waals surface area contributed by atoms with Crippen molar-refractivity contribution >= 4 is 23.0 Å². The Hall–Kier alpha value is -4.17. The molecule has 5 rings (SSSR count). The van der Waals surface area contributed by atoms with Crippen LogP contribution < -0.4 is 15.5 Å². The zero-order valence-electron chi connectivity index (χ0n) is 20.5. The highest BCUT2D eigenvalue weighted by molar-refractivity contribution is 5.89. The summed E-state index contributed by atoms with van der Waals surface area (Å²) in [5.74, 6) is 0.380. The first-order chi connectivity index (χ1) is 17.4. The second-order valence-corrected chi connectivity index (χ2v) is 9.18. The minimum Gasteiger partial charge on any atom is -0.423 e. The van der Waals surface area contributed by atoms with Crippen LogP contribution >= 0.6 is 0 Å². The van der Waals surface area contributed by atoms with Crippen LogP contribution in [0.5, 0.6) is 0 Å². The molecule has 3 aromatic carbocycles. The number of anilines is 3. The maximum Gasteiger partial charge on any atom is 0.247 e. The molecule has 0 radical (unpaired) electrons. The van der Waals surface area contributed by atoms with Crippen LogP contribution in [0.2, 0.25) is 0 Å². The maximum absolute atomic E-state index is 11.5. The van der Waals surface area contributed by atoms with Crippen molar-refractivity contribution in [3.63, 3.8) is 0 Å². The third-order valence-electron chi connectivity index (χ3n) is 6.48. The topological polar surface area (TPSA) is 104 Å². The number of nitrogens with one attached hydrogen (secondary N) is 2. The van der Waals surface area contributed by atoms with E-state index in [0.717, 1.165) is 45.7 Å². The molecule has 1 amide bonds. The maximum atomic E-state index is 11.5. The minimum absolute atomic E-state index is 0.0396. The number of aromatic nitrogens is 2. The lowest BCUT2D eigenvalue weighted by Crippen LogP contribution is -2.45. The summed E-state index contributed by atoms with van der Waals surface area (Å²) in [4.78, 5) is 13.6. The highest BCUT2D eigenvalue weighted by atomic mass is 16.4. The van der Waals surface area contributed by atoms with Crippen molar-refractivity contribution in [3.05, 3.63) is 78.7 Å². The van der Waals surface area contributed by atoms with Crippen molar-refractivity contribution in [2.45, 2.75) is 45.5 Å². The molecule has 8 nitrogen and oxygen atoms in total. The lowest BCUT2D eigenvalue weighted by Gasteiger charge is -2.43. The van der Waals surface area contributed by atoms with E-state index >= 15 is 0 Å². The molecule has 0 spiro atoms. The third kappa shape index (κ3) is 4.81. The van der Waals surface area contributed by atoms with Crippen LogP contribution in [0.25, 0.3) is 22.6 Å². The molecule has 0 bridgehead atoms. The normalized spacial score (nSPS) is 17.8. The van der Waals surface area contributed by atoms with E-state index in [4.69, 9.17) is 4.42 Å².